The zero-order valence-corrected chi connectivity index (χ0v) is 16.2. The summed E-state index contributed by atoms with van der Waals surface area (Å²) in [6.45, 7) is 0.869. The van der Waals surface area contributed by atoms with E-state index in [9.17, 15) is 27.2 Å². The molecular formula is C18H24ClF4N3O2. The van der Waals surface area contributed by atoms with Crippen LogP contribution in [0.3, 0.4) is 0 Å². The van der Waals surface area contributed by atoms with Crippen LogP contribution in [0.15, 0.2) is 24.3 Å². The van der Waals surface area contributed by atoms with Crippen molar-refractivity contribution in [3.63, 3.8) is 0 Å². The van der Waals surface area contributed by atoms with E-state index in [1.807, 2.05) is 0 Å². The number of halogens is 5. The van der Waals surface area contributed by atoms with Gasteiger partial charge in [0.1, 0.15) is 12.4 Å². The third-order valence-electron chi connectivity index (χ3n) is 4.71. The van der Waals surface area contributed by atoms with Gasteiger partial charge in [-0.15, -0.1) is 12.4 Å². The molecule has 0 aliphatic carbocycles. The van der Waals surface area contributed by atoms with E-state index >= 15 is 0 Å². The molecule has 0 spiro atoms. The third kappa shape index (κ3) is 6.07. The molecule has 2 amide bonds. The van der Waals surface area contributed by atoms with E-state index < -0.39 is 36.1 Å². The number of carbonyl (C=O) groups excluding carboxylic acids is 2. The largest absolute Gasteiger partial charge is 0.406 e. The summed E-state index contributed by atoms with van der Waals surface area (Å²) >= 11 is 0. The number of piperidine rings is 1. The minimum absolute atomic E-state index is 0. The first-order valence-electron chi connectivity index (χ1n) is 8.75. The second kappa shape index (κ2) is 10.1. The number of hydrogen-bond acceptors (Lipinski definition) is 3. The number of rotatable bonds is 5. The van der Waals surface area contributed by atoms with Crippen LogP contribution in [-0.2, 0) is 4.79 Å². The molecule has 0 radical (unpaired) electrons. The summed E-state index contributed by atoms with van der Waals surface area (Å²) in [5.41, 5.74) is 5.09. The second-order valence-electron chi connectivity index (χ2n) is 6.72. The van der Waals surface area contributed by atoms with Crippen molar-refractivity contribution in [1.29, 1.82) is 0 Å². The molecular weight excluding hydrogens is 402 g/mol. The summed E-state index contributed by atoms with van der Waals surface area (Å²) in [5, 5.41) is 0. The van der Waals surface area contributed by atoms with Gasteiger partial charge in [-0.2, -0.15) is 13.2 Å². The monoisotopic (exact) mass is 425 g/mol. The fourth-order valence-electron chi connectivity index (χ4n) is 3.16. The molecule has 10 heteroatoms. The smallest absolute Gasteiger partial charge is 0.342 e. The van der Waals surface area contributed by atoms with Crippen LogP contribution in [0.25, 0.3) is 0 Å². The summed E-state index contributed by atoms with van der Waals surface area (Å²) in [5.74, 6) is -2.38. The van der Waals surface area contributed by atoms with Crippen LogP contribution >= 0.6 is 12.4 Å². The third-order valence-corrected chi connectivity index (χ3v) is 4.71. The van der Waals surface area contributed by atoms with E-state index in [-0.39, 0.29) is 56.7 Å². The van der Waals surface area contributed by atoms with Gasteiger partial charge in [-0.25, -0.2) is 4.39 Å². The van der Waals surface area contributed by atoms with Crippen molar-refractivity contribution in [3.05, 3.63) is 35.6 Å². The highest BCUT2D eigenvalue weighted by atomic mass is 35.5. The minimum Gasteiger partial charge on any atom is -0.342 e. The van der Waals surface area contributed by atoms with E-state index in [1.165, 1.54) is 18.2 Å². The average Bonchev–Trinajstić information content (AvgIpc) is 2.64. The normalized spacial score (nSPS) is 16.3. The van der Waals surface area contributed by atoms with E-state index in [2.05, 4.69) is 0 Å². The molecule has 1 saturated heterocycles. The molecule has 0 bridgehead atoms. The lowest BCUT2D eigenvalue weighted by Crippen LogP contribution is -2.52. The maximum atomic E-state index is 13.9. The average molecular weight is 426 g/mol. The number of amides is 2. The molecule has 0 aromatic heterocycles. The van der Waals surface area contributed by atoms with Crippen molar-refractivity contribution in [1.82, 2.24) is 9.80 Å². The van der Waals surface area contributed by atoms with Crippen molar-refractivity contribution in [2.45, 2.75) is 32.0 Å². The maximum Gasteiger partial charge on any atom is 0.406 e. The molecule has 2 rings (SSSR count). The van der Waals surface area contributed by atoms with Crippen LogP contribution in [0.1, 0.15) is 30.1 Å². The topological polar surface area (TPSA) is 66.6 Å². The molecule has 1 unspecified atom stereocenters. The first kappa shape index (κ1) is 24.2. The highest BCUT2D eigenvalue weighted by molar-refractivity contribution is 5.94. The van der Waals surface area contributed by atoms with Gasteiger partial charge in [0, 0.05) is 31.6 Å². The van der Waals surface area contributed by atoms with Gasteiger partial charge >= 0.3 is 6.18 Å². The van der Waals surface area contributed by atoms with Gasteiger partial charge in [-0.05, 0) is 25.0 Å². The number of likely N-dealkylation sites (tertiary alicyclic amines) is 1. The fraction of sp³-hybridized carbons (Fsp3) is 0.556. The molecule has 1 heterocycles. The number of benzene rings is 1. The minimum atomic E-state index is -4.61. The Balaban J connectivity index is 0.00000392. The van der Waals surface area contributed by atoms with Crippen molar-refractivity contribution in [3.8, 4) is 0 Å². The van der Waals surface area contributed by atoms with E-state index in [4.69, 9.17) is 5.73 Å². The Labute approximate surface area is 167 Å². The molecule has 1 aliphatic rings. The van der Waals surface area contributed by atoms with Crippen molar-refractivity contribution >= 4 is 24.2 Å². The summed E-state index contributed by atoms with van der Waals surface area (Å²) in [7, 11) is 0. The van der Waals surface area contributed by atoms with Gasteiger partial charge in [0.15, 0.2) is 0 Å². The molecule has 5 nitrogen and oxygen atoms in total. The Bertz CT molecular complexity index is 679. The van der Waals surface area contributed by atoms with Crippen molar-refractivity contribution in [2.75, 3.05) is 26.2 Å². The first-order valence-corrected chi connectivity index (χ1v) is 8.75. The van der Waals surface area contributed by atoms with Crippen molar-refractivity contribution in [2.24, 2.45) is 11.7 Å². The van der Waals surface area contributed by atoms with E-state index in [0.29, 0.717) is 4.90 Å². The van der Waals surface area contributed by atoms with Crippen LogP contribution in [-0.4, -0.2) is 60.0 Å². The lowest BCUT2D eigenvalue weighted by molar-refractivity contribution is -0.148. The Morgan fingerprint density at radius 3 is 2.32 bits per heavy atom. The summed E-state index contributed by atoms with van der Waals surface area (Å²) in [4.78, 5) is 27.0. The SMILES string of the molecule is CC(CN)C(=O)N1CCC(N(CC(F)(F)F)C(=O)c2ccccc2F)CC1.Cl. The zero-order chi connectivity index (χ0) is 20.2. The van der Waals surface area contributed by atoms with E-state index in [1.54, 1.807) is 11.8 Å². The summed E-state index contributed by atoms with van der Waals surface area (Å²) in [6, 6.07) is 4.24. The van der Waals surface area contributed by atoms with Gasteiger partial charge in [-0.1, -0.05) is 19.1 Å². The lowest BCUT2D eigenvalue weighted by atomic mass is 10.00. The molecule has 1 atom stereocenters. The first-order chi connectivity index (χ1) is 12.6. The molecule has 1 fully saturated rings. The number of carbonyl (C=O) groups is 2. The summed E-state index contributed by atoms with van der Waals surface area (Å²) in [6.07, 6.45) is -4.22. The van der Waals surface area contributed by atoms with Gasteiger partial charge in [0.2, 0.25) is 5.91 Å². The zero-order valence-electron chi connectivity index (χ0n) is 15.4. The molecule has 1 aromatic carbocycles. The van der Waals surface area contributed by atoms with Crippen LogP contribution in [0.2, 0.25) is 0 Å². The van der Waals surface area contributed by atoms with Gasteiger partial charge < -0.3 is 15.5 Å². The Morgan fingerprint density at radius 2 is 1.82 bits per heavy atom. The molecule has 158 valence electrons. The lowest BCUT2D eigenvalue weighted by Gasteiger charge is -2.39. The van der Waals surface area contributed by atoms with Crippen molar-refractivity contribution < 1.29 is 27.2 Å². The number of hydrogen-bond donors (Lipinski definition) is 1. The molecule has 1 aromatic rings. The van der Waals surface area contributed by atoms with Gasteiger partial charge in [-0.3, -0.25) is 9.59 Å². The highest BCUT2D eigenvalue weighted by Gasteiger charge is 2.39. The Hall–Kier alpha value is -1.87. The quantitative estimate of drug-likeness (QED) is 0.738. The fourth-order valence-corrected chi connectivity index (χ4v) is 3.16. The second-order valence-corrected chi connectivity index (χ2v) is 6.72. The molecule has 2 N–H and O–H groups in total. The molecule has 0 saturated carbocycles. The molecule has 1 aliphatic heterocycles. The highest BCUT2D eigenvalue weighted by Crippen LogP contribution is 2.26. The molecule has 28 heavy (non-hydrogen) atoms. The standard InChI is InChI=1S/C18H23F4N3O2.ClH/c1-12(10-23)16(26)24-8-6-13(7-9-24)25(11-18(20,21)22)17(27)14-4-2-3-5-15(14)19;/h2-5,12-13H,6-11,23H2,1H3;1H. The van der Waals surface area contributed by atoms with Crippen LogP contribution in [0.4, 0.5) is 17.6 Å². The van der Waals surface area contributed by atoms with Crippen LogP contribution in [0, 0.1) is 11.7 Å². The number of nitrogens with two attached hydrogens (primary N) is 1. The Kier molecular flexibility index (Phi) is 8.69. The predicted octanol–water partition coefficient (Wildman–Crippen LogP) is 2.84. The van der Waals surface area contributed by atoms with Crippen LogP contribution in [0.5, 0.6) is 0 Å². The van der Waals surface area contributed by atoms with E-state index in [0.717, 1.165) is 6.07 Å². The number of alkyl halides is 3. The Morgan fingerprint density at radius 1 is 1.25 bits per heavy atom. The number of nitrogens with zero attached hydrogens (tertiary/aromatic N) is 2. The summed E-state index contributed by atoms with van der Waals surface area (Å²) < 4.78 is 53.0. The van der Waals surface area contributed by atoms with Gasteiger partial charge in [0.25, 0.3) is 5.91 Å². The van der Waals surface area contributed by atoms with Gasteiger partial charge in [0.05, 0.1) is 5.56 Å². The predicted molar refractivity (Wildman–Crippen MR) is 98.6 cm³/mol. The maximum absolute atomic E-state index is 13.9. The van der Waals surface area contributed by atoms with Crippen LogP contribution < -0.4 is 5.73 Å².